The van der Waals surface area contributed by atoms with Gasteiger partial charge in [-0.05, 0) is 106 Å². The van der Waals surface area contributed by atoms with Gasteiger partial charge in [0.1, 0.15) is 12.1 Å². The number of hydrogen-bond acceptors (Lipinski definition) is 3. The summed E-state index contributed by atoms with van der Waals surface area (Å²) in [7, 11) is 0. The second-order valence-electron chi connectivity index (χ2n) is 11.5. The van der Waals surface area contributed by atoms with Crippen LogP contribution in [0.5, 0.6) is 0 Å². The summed E-state index contributed by atoms with van der Waals surface area (Å²) < 4.78 is 5.91. The molecular formula is C26H39NO3. The van der Waals surface area contributed by atoms with Crippen molar-refractivity contribution in [3.8, 4) is 0 Å². The third kappa shape index (κ3) is 3.07. The highest BCUT2D eigenvalue weighted by Crippen LogP contribution is 2.67. The summed E-state index contributed by atoms with van der Waals surface area (Å²) >= 11 is 0. The fourth-order valence-electron chi connectivity index (χ4n) is 8.69. The Morgan fingerprint density at radius 2 is 1.87 bits per heavy atom. The third-order valence-corrected chi connectivity index (χ3v) is 10.4. The summed E-state index contributed by atoms with van der Waals surface area (Å²) in [5.74, 6) is 3.05. The van der Waals surface area contributed by atoms with Gasteiger partial charge in [0.25, 0.3) is 0 Å². The molecular weight excluding hydrogens is 374 g/mol. The van der Waals surface area contributed by atoms with Crippen LogP contribution in [-0.4, -0.2) is 24.0 Å². The van der Waals surface area contributed by atoms with E-state index in [1.165, 1.54) is 44.9 Å². The summed E-state index contributed by atoms with van der Waals surface area (Å²) in [5.41, 5.74) is 2.60. The molecule has 0 aromatic carbocycles. The maximum absolute atomic E-state index is 12.5. The highest BCUT2D eigenvalue weighted by atomic mass is 16.5. The van der Waals surface area contributed by atoms with Crippen LogP contribution in [0, 0.1) is 34.5 Å². The van der Waals surface area contributed by atoms with Crippen LogP contribution in [-0.2, 0) is 14.3 Å². The Labute approximate surface area is 181 Å². The zero-order chi connectivity index (χ0) is 21.1. The summed E-state index contributed by atoms with van der Waals surface area (Å²) in [6, 6.07) is -0.416. The van der Waals surface area contributed by atoms with E-state index in [0.29, 0.717) is 29.6 Å². The molecule has 4 nitrogen and oxygen atoms in total. The van der Waals surface area contributed by atoms with Crippen LogP contribution in [0.1, 0.15) is 91.4 Å². The number of ether oxygens (including phenoxy) is 1. The molecule has 1 N–H and O–H groups in total. The molecule has 5 rings (SSSR count). The Morgan fingerprint density at radius 1 is 1.03 bits per heavy atom. The molecule has 1 saturated heterocycles. The summed E-state index contributed by atoms with van der Waals surface area (Å²) in [6.45, 7) is 7.37. The minimum Gasteiger partial charge on any atom is -0.461 e. The number of carbonyl (C=O) groups excluding carboxylic acids is 2. The summed E-state index contributed by atoms with van der Waals surface area (Å²) in [6.07, 6.45) is 14.8. The lowest BCUT2D eigenvalue weighted by atomic mass is 9.45. The van der Waals surface area contributed by atoms with E-state index < -0.39 is 6.04 Å². The first-order valence-corrected chi connectivity index (χ1v) is 12.5. The van der Waals surface area contributed by atoms with Gasteiger partial charge in [0.2, 0.25) is 5.91 Å². The number of rotatable bonds is 2. The average molecular weight is 414 g/mol. The van der Waals surface area contributed by atoms with Gasteiger partial charge >= 0.3 is 5.97 Å². The Kier molecular flexibility index (Phi) is 5.06. The predicted molar refractivity (Wildman–Crippen MR) is 117 cm³/mol. The quantitative estimate of drug-likeness (QED) is 0.502. The highest BCUT2D eigenvalue weighted by Gasteiger charge is 2.59. The molecule has 1 unspecified atom stereocenters. The Balaban J connectivity index is 1.26. The smallest absolute Gasteiger partial charge is 0.328 e. The fourth-order valence-corrected chi connectivity index (χ4v) is 8.69. The fraction of sp³-hybridized carbons (Fsp3) is 0.846. The van der Waals surface area contributed by atoms with E-state index in [0.717, 1.165) is 30.6 Å². The minimum absolute atomic E-state index is 0.0243. The maximum atomic E-state index is 12.5. The number of carbonyl (C=O) groups is 2. The highest BCUT2D eigenvalue weighted by molar-refractivity contribution is 5.88. The number of esters is 1. The van der Waals surface area contributed by atoms with Gasteiger partial charge in [-0.3, -0.25) is 4.79 Å². The molecule has 4 heteroatoms. The standard InChI is InChI=1S/C26H39NO3/c1-4-16-6-8-20-19-7-5-17-15-18(30-24(29)22-9-10-23(28)27-22)11-13-26(17,3)21(19)12-14-25(16,20)2/h4,17-22H,5-15H2,1-3H3,(H,27,28)/b16-4-/t17-,18-,19+,20+,21+,22?,25-,26+/m1/s1. The number of fused-ring (bicyclic) bond motifs is 5. The third-order valence-electron chi connectivity index (χ3n) is 10.4. The van der Waals surface area contributed by atoms with Crippen molar-refractivity contribution in [2.75, 3.05) is 0 Å². The molecule has 0 aromatic rings. The van der Waals surface area contributed by atoms with Crippen LogP contribution < -0.4 is 5.32 Å². The summed E-state index contributed by atoms with van der Waals surface area (Å²) in [5, 5.41) is 2.76. The van der Waals surface area contributed by atoms with Gasteiger partial charge in [-0.1, -0.05) is 25.5 Å². The predicted octanol–water partition coefficient (Wildman–Crippen LogP) is 5.17. The lowest BCUT2D eigenvalue weighted by Gasteiger charge is -2.60. The van der Waals surface area contributed by atoms with Gasteiger partial charge in [-0.2, -0.15) is 0 Å². The van der Waals surface area contributed by atoms with Gasteiger partial charge < -0.3 is 10.1 Å². The van der Waals surface area contributed by atoms with Gasteiger partial charge in [-0.15, -0.1) is 0 Å². The molecule has 166 valence electrons. The Morgan fingerprint density at radius 3 is 2.60 bits per heavy atom. The van der Waals surface area contributed by atoms with Crippen LogP contribution in [0.2, 0.25) is 0 Å². The van der Waals surface area contributed by atoms with Crippen molar-refractivity contribution < 1.29 is 14.3 Å². The molecule has 0 spiro atoms. The first kappa shape index (κ1) is 20.6. The van der Waals surface area contributed by atoms with Crippen LogP contribution in [0.4, 0.5) is 0 Å². The monoisotopic (exact) mass is 413 g/mol. The van der Waals surface area contributed by atoms with E-state index >= 15 is 0 Å². The SMILES string of the molecule is C/C=C1/CC[C@H]2[C@@H]3CC[C@@H]4C[C@H](OC(=O)C5CCC(=O)N5)CC[C@]4(C)[C@H]3CC[C@]12C. The molecule has 1 aliphatic heterocycles. The van der Waals surface area contributed by atoms with Crippen LogP contribution in [0.15, 0.2) is 11.6 Å². The zero-order valence-electron chi connectivity index (χ0n) is 19.0. The first-order chi connectivity index (χ1) is 14.3. The largest absolute Gasteiger partial charge is 0.461 e. The molecule has 1 heterocycles. The van der Waals surface area contributed by atoms with Gasteiger partial charge in [0, 0.05) is 6.42 Å². The lowest BCUT2D eigenvalue weighted by Crippen LogP contribution is -2.53. The van der Waals surface area contributed by atoms with Crippen molar-refractivity contribution in [3.63, 3.8) is 0 Å². The molecule has 8 atom stereocenters. The van der Waals surface area contributed by atoms with Crippen LogP contribution in [0.3, 0.4) is 0 Å². The molecule has 4 saturated carbocycles. The molecule has 5 fully saturated rings. The molecule has 5 aliphatic rings. The Bertz CT molecular complexity index is 759. The molecule has 0 aromatic heterocycles. The van der Waals surface area contributed by atoms with Crippen molar-refractivity contribution in [2.24, 2.45) is 34.5 Å². The minimum atomic E-state index is -0.416. The topological polar surface area (TPSA) is 55.4 Å². The number of allylic oxidation sites excluding steroid dienone is 2. The number of nitrogens with one attached hydrogen (secondary N) is 1. The van der Waals surface area contributed by atoms with Crippen molar-refractivity contribution >= 4 is 11.9 Å². The molecule has 4 aliphatic carbocycles. The van der Waals surface area contributed by atoms with E-state index in [9.17, 15) is 9.59 Å². The average Bonchev–Trinajstić information content (AvgIpc) is 3.31. The zero-order valence-corrected chi connectivity index (χ0v) is 19.0. The van der Waals surface area contributed by atoms with E-state index in [2.05, 4.69) is 32.2 Å². The van der Waals surface area contributed by atoms with E-state index in [-0.39, 0.29) is 18.0 Å². The van der Waals surface area contributed by atoms with Gasteiger partial charge in [-0.25, -0.2) is 4.79 Å². The number of hydrogen-bond donors (Lipinski definition) is 1. The second kappa shape index (κ2) is 7.38. The van der Waals surface area contributed by atoms with Gasteiger partial charge in [0.15, 0.2) is 0 Å². The second-order valence-corrected chi connectivity index (χ2v) is 11.5. The maximum Gasteiger partial charge on any atom is 0.328 e. The molecule has 1 amide bonds. The van der Waals surface area contributed by atoms with Crippen molar-refractivity contribution in [1.29, 1.82) is 0 Å². The van der Waals surface area contributed by atoms with E-state index in [4.69, 9.17) is 4.74 Å². The van der Waals surface area contributed by atoms with Crippen LogP contribution in [0.25, 0.3) is 0 Å². The molecule has 30 heavy (non-hydrogen) atoms. The lowest BCUT2D eigenvalue weighted by molar-refractivity contribution is -0.163. The van der Waals surface area contributed by atoms with E-state index in [1.54, 1.807) is 5.57 Å². The number of amides is 1. The normalized spacial score (nSPS) is 49.2. The van der Waals surface area contributed by atoms with E-state index in [1.807, 2.05) is 0 Å². The summed E-state index contributed by atoms with van der Waals surface area (Å²) in [4.78, 5) is 23.9. The molecule has 0 bridgehead atoms. The van der Waals surface area contributed by atoms with Gasteiger partial charge in [0.05, 0.1) is 0 Å². The van der Waals surface area contributed by atoms with Crippen LogP contribution >= 0.6 is 0 Å². The van der Waals surface area contributed by atoms with Crippen molar-refractivity contribution in [2.45, 2.75) is 104 Å². The Hall–Kier alpha value is -1.32. The van der Waals surface area contributed by atoms with Crippen molar-refractivity contribution in [1.82, 2.24) is 5.32 Å². The van der Waals surface area contributed by atoms with Crippen molar-refractivity contribution in [3.05, 3.63) is 11.6 Å². The molecule has 0 radical (unpaired) electrons. The first-order valence-electron chi connectivity index (χ1n) is 12.5.